The van der Waals surface area contributed by atoms with Gasteiger partial charge in [-0.05, 0) is 93.8 Å². The first kappa shape index (κ1) is 23.7. The Labute approximate surface area is 230 Å². The summed E-state index contributed by atoms with van der Waals surface area (Å²) in [6.07, 6.45) is 2.16. The molecule has 0 bridgehead atoms. The van der Waals surface area contributed by atoms with E-state index in [9.17, 15) is 9.59 Å². The fraction of sp³-hybridized carbons (Fsp3) is 0.258. The molecule has 38 heavy (non-hydrogen) atoms. The van der Waals surface area contributed by atoms with Crippen LogP contribution in [0.5, 0.6) is 0 Å². The van der Waals surface area contributed by atoms with Crippen molar-refractivity contribution in [2.24, 2.45) is 0 Å². The monoisotopic (exact) mass is 537 g/mol. The summed E-state index contributed by atoms with van der Waals surface area (Å²) in [7, 11) is 0. The standard InChI is InChI=1S/C31H27N3O2S2/c1-17-6-11-24-25(14-17)38-28(32-24)20-7-9-21(10-8-20)33-26(35)16-37-31(33)23-13-18(2)12-22-19(3)15-30(4,5)34(27(22)23)29(31)36/h6-15H,16H2,1-5H3/t31-/m0/s1. The molecule has 1 spiro atoms. The van der Waals surface area contributed by atoms with Gasteiger partial charge >= 0.3 is 0 Å². The van der Waals surface area contributed by atoms with Crippen LogP contribution in [0.1, 0.15) is 43.0 Å². The summed E-state index contributed by atoms with van der Waals surface area (Å²) in [5, 5.41) is 0.942. The van der Waals surface area contributed by atoms with Gasteiger partial charge in [0, 0.05) is 22.4 Å². The molecule has 1 atom stereocenters. The second kappa shape index (κ2) is 7.80. The van der Waals surface area contributed by atoms with Gasteiger partial charge in [-0.25, -0.2) is 4.98 Å². The van der Waals surface area contributed by atoms with Crippen molar-refractivity contribution in [2.45, 2.75) is 45.0 Å². The largest absolute Gasteiger partial charge is 0.299 e. The number of nitrogens with zero attached hydrogens (tertiary/aromatic N) is 3. The third kappa shape index (κ3) is 3.09. The number of anilines is 2. The van der Waals surface area contributed by atoms with Gasteiger partial charge in [-0.3, -0.25) is 19.4 Å². The highest BCUT2D eigenvalue weighted by molar-refractivity contribution is 8.02. The number of carbonyl (C=O) groups excluding carboxylic acids is 2. The van der Waals surface area contributed by atoms with Gasteiger partial charge in [0.1, 0.15) is 5.01 Å². The highest BCUT2D eigenvalue weighted by Gasteiger charge is 2.64. The number of amides is 2. The fourth-order valence-electron chi connectivity index (χ4n) is 6.23. The van der Waals surface area contributed by atoms with Gasteiger partial charge in [-0.15, -0.1) is 23.1 Å². The molecule has 190 valence electrons. The van der Waals surface area contributed by atoms with E-state index in [-0.39, 0.29) is 17.6 Å². The maximum absolute atomic E-state index is 14.5. The highest BCUT2D eigenvalue weighted by Crippen LogP contribution is 2.60. The summed E-state index contributed by atoms with van der Waals surface area (Å²) < 4.78 is 1.16. The van der Waals surface area contributed by atoms with Crippen molar-refractivity contribution in [3.8, 4) is 10.6 Å². The van der Waals surface area contributed by atoms with E-state index in [0.29, 0.717) is 0 Å². The Morgan fingerprint density at radius 3 is 2.42 bits per heavy atom. The van der Waals surface area contributed by atoms with Crippen molar-refractivity contribution < 1.29 is 9.59 Å². The van der Waals surface area contributed by atoms with Gasteiger partial charge in [-0.1, -0.05) is 18.2 Å². The Morgan fingerprint density at radius 1 is 0.895 bits per heavy atom. The smallest absolute Gasteiger partial charge is 0.269 e. The predicted octanol–water partition coefficient (Wildman–Crippen LogP) is 7.06. The van der Waals surface area contributed by atoms with E-state index >= 15 is 0 Å². The van der Waals surface area contributed by atoms with Gasteiger partial charge in [0.2, 0.25) is 10.8 Å². The molecule has 0 unspecified atom stereocenters. The predicted molar refractivity (Wildman–Crippen MR) is 158 cm³/mol. The van der Waals surface area contributed by atoms with E-state index in [1.807, 2.05) is 29.2 Å². The third-order valence-electron chi connectivity index (χ3n) is 7.79. The molecule has 3 aromatic carbocycles. The SMILES string of the molecule is CC1=CC(C)(C)N2C(=O)[C@@]3(SCC(=O)N3c3ccc(-c4nc5ccc(C)cc5s4)cc3)c3cc(C)cc1c32. The first-order chi connectivity index (χ1) is 18.1. The number of fused-ring (bicyclic) bond motifs is 2. The van der Waals surface area contributed by atoms with Crippen molar-refractivity contribution in [2.75, 3.05) is 15.6 Å². The number of carbonyl (C=O) groups is 2. The summed E-state index contributed by atoms with van der Waals surface area (Å²) in [4.78, 5) is 35.3. The lowest BCUT2D eigenvalue weighted by Gasteiger charge is -2.40. The van der Waals surface area contributed by atoms with Crippen LogP contribution in [0.4, 0.5) is 11.4 Å². The topological polar surface area (TPSA) is 53.5 Å². The lowest BCUT2D eigenvalue weighted by molar-refractivity contribution is -0.124. The number of benzene rings is 3. The third-order valence-corrected chi connectivity index (χ3v) is 10.2. The number of thioether (sulfide) groups is 1. The van der Waals surface area contributed by atoms with E-state index in [2.05, 4.69) is 71.0 Å². The summed E-state index contributed by atoms with van der Waals surface area (Å²) in [6.45, 7) is 10.4. The van der Waals surface area contributed by atoms with Gasteiger partial charge in [0.15, 0.2) is 0 Å². The molecule has 5 nitrogen and oxygen atoms in total. The Kier molecular flexibility index (Phi) is 4.86. The molecule has 3 aliphatic heterocycles. The zero-order valence-corrected chi connectivity index (χ0v) is 23.6. The van der Waals surface area contributed by atoms with Crippen LogP contribution >= 0.6 is 23.1 Å². The maximum atomic E-state index is 14.5. The van der Waals surface area contributed by atoms with Crippen LogP contribution in [-0.2, 0) is 14.5 Å². The van der Waals surface area contributed by atoms with Crippen molar-refractivity contribution in [1.82, 2.24) is 4.98 Å². The number of allylic oxidation sites excluding steroid dienone is 1. The van der Waals surface area contributed by atoms with Gasteiger partial charge in [0.25, 0.3) is 5.91 Å². The van der Waals surface area contributed by atoms with E-state index in [1.54, 1.807) is 16.2 Å². The Hall–Kier alpha value is -3.42. The minimum atomic E-state index is -1.11. The number of rotatable bonds is 2. The fourth-order valence-corrected chi connectivity index (χ4v) is 8.62. The molecule has 2 amide bonds. The molecular weight excluding hydrogens is 510 g/mol. The highest BCUT2D eigenvalue weighted by atomic mass is 32.2. The molecule has 4 heterocycles. The quantitative estimate of drug-likeness (QED) is 0.275. The number of thiazole rings is 1. The van der Waals surface area contributed by atoms with E-state index < -0.39 is 10.4 Å². The van der Waals surface area contributed by atoms with Crippen LogP contribution < -0.4 is 9.80 Å². The summed E-state index contributed by atoms with van der Waals surface area (Å²) in [6, 6.07) is 18.5. The molecule has 0 radical (unpaired) electrons. The molecule has 1 fully saturated rings. The molecular formula is C31H27N3O2S2. The summed E-state index contributed by atoms with van der Waals surface area (Å²) in [5.41, 5.74) is 8.61. The van der Waals surface area contributed by atoms with Crippen LogP contribution in [0.2, 0.25) is 0 Å². The molecule has 0 N–H and O–H groups in total. The van der Waals surface area contributed by atoms with Crippen molar-refractivity contribution in [1.29, 1.82) is 0 Å². The van der Waals surface area contributed by atoms with Crippen LogP contribution in [0.15, 0.2) is 60.7 Å². The van der Waals surface area contributed by atoms with Crippen LogP contribution in [0.25, 0.3) is 26.4 Å². The van der Waals surface area contributed by atoms with Gasteiger partial charge in [0.05, 0.1) is 27.2 Å². The molecule has 3 aliphatic rings. The molecule has 1 saturated heterocycles. The maximum Gasteiger partial charge on any atom is 0.269 e. The van der Waals surface area contributed by atoms with Crippen LogP contribution in [-0.4, -0.2) is 28.1 Å². The van der Waals surface area contributed by atoms with Gasteiger partial charge in [-0.2, -0.15) is 0 Å². The minimum absolute atomic E-state index is 0.0467. The Morgan fingerprint density at radius 2 is 1.66 bits per heavy atom. The Bertz CT molecular complexity index is 1730. The average Bonchev–Trinajstić information content (AvgIpc) is 3.51. The number of aromatic nitrogens is 1. The van der Waals surface area contributed by atoms with Crippen molar-refractivity contribution in [3.63, 3.8) is 0 Å². The van der Waals surface area contributed by atoms with Crippen molar-refractivity contribution in [3.05, 3.63) is 82.9 Å². The molecule has 1 aromatic heterocycles. The van der Waals surface area contributed by atoms with Crippen molar-refractivity contribution >= 4 is 62.1 Å². The summed E-state index contributed by atoms with van der Waals surface area (Å²) >= 11 is 3.10. The summed E-state index contributed by atoms with van der Waals surface area (Å²) in [5.74, 6) is 0.160. The zero-order chi connectivity index (χ0) is 26.6. The minimum Gasteiger partial charge on any atom is -0.299 e. The second-order valence-electron chi connectivity index (χ2n) is 11.0. The molecule has 7 heteroatoms. The van der Waals surface area contributed by atoms with Gasteiger partial charge < -0.3 is 0 Å². The van der Waals surface area contributed by atoms with Crippen LogP contribution in [0.3, 0.4) is 0 Å². The number of hydrogen-bond donors (Lipinski definition) is 0. The lowest BCUT2D eigenvalue weighted by atomic mass is 9.88. The second-order valence-corrected chi connectivity index (χ2v) is 13.2. The number of aryl methyl sites for hydroxylation is 2. The van der Waals surface area contributed by atoms with E-state index in [1.165, 1.54) is 17.3 Å². The Balaban J connectivity index is 1.36. The molecule has 0 saturated carbocycles. The first-order valence-electron chi connectivity index (χ1n) is 12.7. The lowest BCUT2D eigenvalue weighted by Crippen LogP contribution is -2.54. The normalized spacial score (nSPS) is 21.6. The van der Waals surface area contributed by atoms with E-state index in [4.69, 9.17) is 4.98 Å². The van der Waals surface area contributed by atoms with Crippen LogP contribution in [0, 0.1) is 13.8 Å². The average molecular weight is 538 g/mol. The number of hydrogen-bond acceptors (Lipinski definition) is 5. The molecule has 0 aliphatic carbocycles. The molecule has 7 rings (SSSR count). The first-order valence-corrected chi connectivity index (χ1v) is 14.5. The zero-order valence-electron chi connectivity index (χ0n) is 22.0. The van der Waals surface area contributed by atoms with E-state index in [0.717, 1.165) is 54.4 Å². The molecule has 4 aromatic rings.